The highest BCUT2D eigenvalue weighted by molar-refractivity contribution is 8.00. The molecule has 0 aromatic heterocycles. The van der Waals surface area contributed by atoms with Crippen LogP contribution in [-0.2, 0) is 23.9 Å². The molecule has 37 heavy (non-hydrogen) atoms. The molecule has 0 aliphatic carbocycles. The molecule has 11 nitrogen and oxygen atoms in total. The van der Waals surface area contributed by atoms with Gasteiger partial charge >= 0.3 is 12.0 Å². The van der Waals surface area contributed by atoms with Gasteiger partial charge in [0.15, 0.2) is 0 Å². The number of aliphatic hydroxyl groups is 1. The number of carbonyl (C=O) groups excluding carboxylic acids is 4. The third-order valence-electron chi connectivity index (χ3n) is 7.72. The third kappa shape index (κ3) is 7.51. The topological polar surface area (TPSA) is 155 Å². The Kier molecular flexibility index (Phi) is 9.94. The van der Waals surface area contributed by atoms with Gasteiger partial charge in [-0.1, -0.05) is 12.8 Å². The molecule has 0 radical (unpaired) electrons. The van der Waals surface area contributed by atoms with Crippen LogP contribution in [0.1, 0.15) is 64.7 Å². The largest absolute Gasteiger partial charge is 0.459 e. The van der Waals surface area contributed by atoms with Gasteiger partial charge in [0.1, 0.15) is 18.3 Å². The number of unbranched alkanes of at least 4 members (excludes halogenated alkanes) is 3. The van der Waals surface area contributed by atoms with Crippen molar-refractivity contribution in [3.8, 4) is 0 Å². The molecule has 4 amide bonds. The van der Waals surface area contributed by atoms with Gasteiger partial charge in [-0.3, -0.25) is 14.4 Å². The number of thioether (sulfide) groups is 1. The Hall–Kier alpha value is -2.05. The zero-order valence-electron chi connectivity index (χ0n) is 21.4. The highest BCUT2D eigenvalue weighted by Gasteiger charge is 2.49. The lowest BCUT2D eigenvalue weighted by Crippen LogP contribution is -2.51. The van der Waals surface area contributed by atoms with Crippen LogP contribution in [0.3, 0.4) is 0 Å². The molecule has 4 aliphatic rings. The molecule has 4 saturated heterocycles. The van der Waals surface area contributed by atoms with Crippen molar-refractivity contribution < 1.29 is 33.8 Å². The predicted octanol–water partition coefficient (Wildman–Crippen LogP) is 0.585. The molecule has 4 fully saturated rings. The van der Waals surface area contributed by atoms with Crippen LogP contribution in [0, 0.1) is 5.92 Å². The van der Waals surface area contributed by atoms with Gasteiger partial charge < -0.3 is 35.8 Å². The fraction of sp³-hybridized carbons (Fsp3) is 0.840. The van der Waals surface area contributed by atoms with E-state index in [2.05, 4.69) is 21.3 Å². The van der Waals surface area contributed by atoms with Gasteiger partial charge in [0.25, 0.3) is 0 Å². The van der Waals surface area contributed by atoms with E-state index in [0.717, 1.165) is 37.9 Å². The lowest BCUT2D eigenvalue weighted by molar-refractivity contribution is -0.160. The van der Waals surface area contributed by atoms with E-state index in [1.165, 1.54) is 0 Å². The average Bonchev–Trinajstić information content (AvgIpc) is 3.50. The zero-order chi connectivity index (χ0) is 26.4. The number of rotatable bonds is 13. The number of carbonyl (C=O) groups is 4. The van der Waals surface area contributed by atoms with Crippen molar-refractivity contribution >= 4 is 35.6 Å². The van der Waals surface area contributed by atoms with E-state index >= 15 is 0 Å². The number of hydrogen-bond donors (Lipinski definition) is 5. The molecule has 4 rings (SSSR count). The first-order valence-electron chi connectivity index (χ1n) is 13.6. The molecule has 0 aromatic rings. The molecule has 0 bridgehead atoms. The van der Waals surface area contributed by atoms with Crippen LogP contribution in [0.2, 0.25) is 0 Å². The van der Waals surface area contributed by atoms with Gasteiger partial charge in [-0.15, -0.1) is 0 Å². The van der Waals surface area contributed by atoms with Crippen LogP contribution in [0.5, 0.6) is 0 Å². The van der Waals surface area contributed by atoms with Crippen LogP contribution >= 0.6 is 11.8 Å². The Balaban J connectivity index is 0.974. The molecule has 4 heterocycles. The fourth-order valence-corrected chi connectivity index (χ4v) is 7.06. The lowest BCUT2D eigenvalue weighted by Gasteiger charge is -2.35. The summed E-state index contributed by atoms with van der Waals surface area (Å²) in [5, 5.41) is 22.4. The van der Waals surface area contributed by atoms with Gasteiger partial charge in [-0.2, -0.15) is 11.8 Å². The summed E-state index contributed by atoms with van der Waals surface area (Å²) >= 11 is 1.89. The Labute approximate surface area is 221 Å². The van der Waals surface area contributed by atoms with Crippen LogP contribution in [0.15, 0.2) is 0 Å². The fourth-order valence-electron chi connectivity index (χ4n) is 5.51. The van der Waals surface area contributed by atoms with Crippen molar-refractivity contribution in [2.24, 2.45) is 5.92 Å². The molecular weight excluding hydrogens is 500 g/mol. The summed E-state index contributed by atoms with van der Waals surface area (Å²) in [7, 11) is 0. The summed E-state index contributed by atoms with van der Waals surface area (Å²) in [6, 6.07) is 0.385. The molecular formula is C25H40N4O7S. The maximum absolute atomic E-state index is 12.2. The first kappa shape index (κ1) is 28.0. The maximum atomic E-state index is 12.2. The van der Waals surface area contributed by atoms with E-state index in [4.69, 9.17) is 9.47 Å². The van der Waals surface area contributed by atoms with Crippen molar-refractivity contribution in [2.45, 2.75) is 106 Å². The predicted molar refractivity (Wildman–Crippen MR) is 137 cm³/mol. The van der Waals surface area contributed by atoms with E-state index in [-0.39, 0.29) is 54.5 Å². The first-order chi connectivity index (χ1) is 17.8. The van der Waals surface area contributed by atoms with Crippen LogP contribution in [0.4, 0.5) is 4.79 Å². The van der Waals surface area contributed by atoms with E-state index < -0.39 is 18.3 Å². The van der Waals surface area contributed by atoms with E-state index in [1.807, 2.05) is 11.8 Å². The van der Waals surface area contributed by atoms with Crippen LogP contribution in [0.25, 0.3) is 0 Å². The Morgan fingerprint density at radius 3 is 2.62 bits per heavy atom. The molecule has 4 aliphatic heterocycles. The molecule has 208 valence electrons. The van der Waals surface area contributed by atoms with Crippen molar-refractivity contribution in [2.75, 3.05) is 18.8 Å². The smallest absolute Gasteiger partial charge is 0.315 e. The molecule has 0 spiro atoms. The number of amides is 4. The van der Waals surface area contributed by atoms with E-state index in [1.54, 1.807) is 6.92 Å². The Morgan fingerprint density at radius 2 is 1.81 bits per heavy atom. The molecule has 2 unspecified atom stereocenters. The minimum atomic E-state index is -0.788. The standard InChI is InChI=1S/C25H40N4O7S/c1-14-23-17(36-24(14)33)11-16(30)18(35-23)12-27-21(32)8-3-2-6-10-26-20(31)9-5-4-7-19-22-15(13-37-19)28-25(34)29-22/h14-19,22-23,30H,2-13H2,1H3,(H,26,31)(H,27,32)(H2,28,29,34)/t14-,15-,16-,17?,18+,19-,22-,23?/m0/s1. The summed E-state index contributed by atoms with van der Waals surface area (Å²) < 4.78 is 11.1. The minimum Gasteiger partial charge on any atom is -0.459 e. The summed E-state index contributed by atoms with van der Waals surface area (Å²) in [5.41, 5.74) is 0. The van der Waals surface area contributed by atoms with Gasteiger partial charge in [-0.25, -0.2) is 4.79 Å². The summed E-state index contributed by atoms with van der Waals surface area (Å²) in [5.74, 6) is 0.234. The number of esters is 1. The molecule has 8 atom stereocenters. The van der Waals surface area contributed by atoms with Crippen LogP contribution in [-0.4, -0.2) is 89.5 Å². The minimum absolute atomic E-state index is 0.0579. The van der Waals surface area contributed by atoms with Crippen LogP contribution < -0.4 is 21.3 Å². The number of hydrogen-bond acceptors (Lipinski definition) is 8. The van der Waals surface area contributed by atoms with Crippen molar-refractivity contribution in [1.29, 1.82) is 0 Å². The summed E-state index contributed by atoms with van der Waals surface area (Å²) in [6.07, 6.45) is 4.25. The first-order valence-corrected chi connectivity index (χ1v) is 14.6. The number of urea groups is 1. The van der Waals surface area contributed by atoms with E-state index in [9.17, 15) is 24.3 Å². The second-order valence-electron chi connectivity index (χ2n) is 10.5. The highest BCUT2D eigenvalue weighted by Crippen LogP contribution is 2.34. The Morgan fingerprint density at radius 1 is 1.05 bits per heavy atom. The van der Waals surface area contributed by atoms with Gasteiger partial charge in [0.2, 0.25) is 11.8 Å². The van der Waals surface area contributed by atoms with Gasteiger partial charge in [0.05, 0.1) is 24.1 Å². The monoisotopic (exact) mass is 540 g/mol. The quantitative estimate of drug-likeness (QED) is 0.129. The summed E-state index contributed by atoms with van der Waals surface area (Å²) in [6.45, 7) is 2.56. The second kappa shape index (κ2) is 13.1. The Bertz CT molecular complexity index is 846. The average molecular weight is 541 g/mol. The number of fused-ring (bicyclic) bond motifs is 2. The van der Waals surface area contributed by atoms with Gasteiger partial charge in [0, 0.05) is 43.4 Å². The van der Waals surface area contributed by atoms with Crippen molar-refractivity contribution in [3.05, 3.63) is 0 Å². The summed E-state index contributed by atoms with van der Waals surface area (Å²) in [4.78, 5) is 47.4. The lowest BCUT2D eigenvalue weighted by atomic mass is 9.93. The molecule has 0 aromatic carbocycles. The van der Waals surface area contributed by atoms with E-state index in [0.29, 0.717) is 37.5 Å². The highest BCUT2D eigenvalue weighted by atomic mass is 32.2. The number of ether oxygens (including phenoxy) is 2. The van der Waals surface area contributed by atoms with Gasteiger partial charge in [-0.05, 0) is 32.6 Å². The number of nitrogens with one attached hydrogen (secondary N) is 4. The molecule has 12 heteroatoms. The normalized spacial score (nSPS) is 34.2. The third-order valence-corrected chi connectivity index (χ3v) is 9.23. The molecule has 0 saturated carbocycles. The van der Waals surface area contributed by atoms with Crippen molar-refractivity contribution in [3.63, 3.8) is 0 Å². The molecule has 5 N–H and O–H groups in total. The SMILES string of the molecule is C[C@@H]1C(=O)OC2C[C@H](O)[C@@H](CNC(=O)CCCCCNC(=O)CCCC[C@@H]3SC[C@@H]4NC(=O)N[C@@H]43)OC21. The van der Waals surface area contributed by atoms with Crippen molar-refractivity contribution in [1.82, 2.24) is 21.3 Å². The maximum Gasteiger partial charge on any atom is 0.315 e. The number of aliphatic hydroxyl groups excluding tert-OH is 1. The second-order valence-corrected chi connectivity index (χ2v) is 11.8. The zero-order valence-corrected chi connectivity index (χ0v) is 22.2.